The van der Waals surface area contributed by atoms with Crippen molar-refractivity contribution in [3.8, 4) is 0 Å². The van der Waals surface area contributed by atoms with Gasteiger partial charge in [-0.25, -0.2) is 4.79 Å². The lowest BCUT2D eigenvalue weighted by Crippen LogP contribution is -2.43. The number of rotatable bonds is 6. The number of imide groups is 1. The molecule has 0 spiro atoms. The molecule has 1 aliphatic rings. The van der Waals surface area contributed by atoms with Gasteiger partial charge in [0.1, 0.15) is 12.3 Å². The van der Waals surface area contributed by atoms with Crippen molar-refractivity contribution in [3.05, 3.63) is 59.5 Å². The molecule has 2 aromatic rings. The van der Waals surface area contributed by atoms with Crippen molar-refractivity contribution < 1.29 is 18.8 Å². The fourth-order valence-electron chi connectivity index (χ4n) is 3.07. The number of hydrogen-bond donors (Lipinski definition) is 1. The Balaban J connectivity index is 1.66. The van der Waals surface area contributed by atoms with Crippen LogP contribution >= 0.6 is 0 Å². The minimum absolute atomic E-state index is 0.315. The predicted molar refractivity (Wildman–Crippen MR) is 98.6 cm³/mol. The zero-order valence-corrected chi connectivity index (χ0v) is 15.7. The molecule has 0 radical (unpaired) electrons. The number of urea groups is 1. The van der Waals surface area contributed by atoms with E-state index < -0.39 is 17.5 Å². The van der Waals surface area contributed by atoms with Crippen molar-refractivity contribution in [2.75, 3.05) is 13.6 Å². The Bertz CT molecular complexity index is 845. The van der Waals surface area contributed by atoms with Crippen LogP contribution < -0.4 is 5.32 Å². The maximum atomic E-state index is 12.7. The van der Waals surface area contributed by atoms with Gasteiger partial charge in [-0.1, -0.05) is 31.2 Å². The first-order valence-corrected chi connectivity index (χ1v) is 8.85. The first-order chi connectivity index (χ1) is 12.8. The number of carbonyl (C=O) groups is 3. The topological polar surface area (TPSA) is 82.9 Å². The Morgan fingerprint density at radius 3 is 2.44 bits per heavy atom. The van der Waals surface area contributed by atoms with Crippen LogP contribution in [-0.2, 0) is 28.1 Å². The van der Waals surface area contributed by atoms with Crippen molar-refractivity contribution in [3.63, 3.8) is 0 Å². The molecular weight excluding hydrogens is 346 g/mol. The van der Waals surface area contributed by atoms with Crippen LogP contribution in [0.25, 0.3) is 0 Å². The molecule has 1 saturated heterocycles. The van der Waals surface area contributed by atoms with E-state index in [2.05, 4.69) is 12.2 Å². The van der Waals surface area contributed by atoms with Gasteiger partial charge < -0.3 is 14.6 Å². The van der Waals surface area contributed by atoms with E-state index in [1.165, 1.54) is 16.7 Å². The molecule has 142 valence electrons. The summed E-state index contributed by atoms with van der Waals surface area (Å²) in [6.45, 7) is 3.74. The van der Waals surface area contributed by atoms with Gasteiger partial charge in [-0.15, -0.1) is 0 Å². The first kappa shape index (κ1) is 18.7. The van der Waals surface area contributed by atoms with Crippen LogP contribution in [0.4, 0.5) is 4.79 Å². The van der Waals surface area contributed by atoms with Gasteiger partial charge in [0.2, 0.25) is 5.91 Å². The first-order valence-electron chi connectivity index (χ1n) is 8.85. The molecule has 3 rings (SSSR count). The molecule has 0 aliphatic carbocycles. The van der Waals surface area contributed by atoms with Gasteiger partial charge in [0.15, 0.2) is 5.54 Å². The second-order valence-electron chi connectivity index (χ2n) is 6.84. The quantitative estimate of drug-likeness (QED) is 0.792. The number of furan rings is 1. The van der Waals surface area contributed by atoms with Crippen LogP contribution in [0.2, 0.25) is 0 Å². The van der Waals surface area contributed by atoms with Gasteiger partial charge >= 0.3 is 6.03 Å². The summed E-state index contributed by atoms with van der Waals surface area (Å²) in [7, 11) is 1.65. The maximum absolute atomic E-state index is 12.7. The predicted octanol–water partition coefficient (Wildman–Crippen LogP) is 2.27. The van der Waals surface area contributed by atoms with Crippen LogP contribution in [0.3, 0.4) is 0 Å². The molecule has 0 bridgehead atoms. The monoisotopic (exact) mass is 369 g/mol. The van der Waals surface area contributed by atoms with E-state index in [9.17, 15) is 14.4 Å². The Kier molecular flexibility index (Phi) is 5.03. The van der Waals surface area contributed by atoms with E-state index in [0.29, 0.717) is 12.3 Å². The van der Waals surface area contributed by atoms with E-state index >= 15 is 0 Å². The number of amides is 4. The molecule has 2 heterocycles. The molecule has 27 heavy (non-hydrogen) atoms. The van der Waals surface area contributed by atoms with Crippen LogP contribution in [0.1, 0.15) is 30.7 Å². The number of nitrogens with zero attached hydrogens (tertiary/aromatic N) is 2. The van der Waals surface area contributed by atoms with Crippen LogP contribution in [0.5, 0.6) is 0 Å². The van der Waals surface area contributed by atoms with Gasteiger partial charge in [0.05, 0.1) is 6.26 Å². The van der Waals surface area contributed by atoms with Crippen LogP contribution in [-0.4, -0.2) is 41.2 Å². The van der Waals surface area contributed by atoms with Crippen molar-refractivity contribution in [1.29, 1.82) is 0 Å². The Labute approximate surface area is 157 Å². The minimum atomic E-state index is -1.30. The van der Waals surface area contributed by atoms with Crippen molar-refractivity contribution in [2.24, 2.45) is 0 Å². The average Bonchev–Trinajstić information content (AvgIpc) is 3.27. The zero-order chi connectivity index (χ0) is 19.6. The molecule has 1 fully saturated rings. The average molecular weight is 369 g/mol. The second-order valence-corrected chi connectivity index (χ2v) is 6.84. The van der Waals surface area contributed by atoms with Crippen molar-refractivity contribution >= 4 is 17.8 Å². The lowest BCUT2D eigenvalue weighted by Gasteiger charge is -2.21. The summed E-state index contributed by atoms with van der Waals surface area (Å²) < 4.78 is 5.28. The molecule has 1 aliphatic heterocycles. The van der Waals surface area contributed by atoms with Crippen LogP contribution in [0, 0.1) is 0 Å². The van der Waals surface area contributed by atoms with E-state index in [1.54, 1.807) is 26.1 Å². The molecule has 4 amide bonds. The van der Waals surface area contributed by atoms with E-state index in [4.69, 9.17) is 4.42 Å². The lowest BCUT2D eigenvalue weighted by atomic mass is 9.99. The van der Waals surface area contributed by atoms with Gasteiger partial charge in [0, 0.05) is 13.6 Å². The van der Waals surface area contributed by atoms with Crippen molar-refractivity contribution in [1.82, 2.24) is 15.1 Å². The third-order valence-corrected chi connectivity index (χ3v) is 4.86. The Morgan fingerprint density at radius 1 is 1.19 bits per heavy atom. The van der Waals surface area contributed by atoms with Crippen molar-refractivity contribution in [2.45, 2.75) is 32.4 Å². The normalized spacial score (nSPS) is 19.3. The number of carbonyl (C=O) groups excluding carboxylic acids is 3. The number of nitrogens with one attached hydrogen (secondary N) is 1. The molecule has 7 heteroatoms. The third-order valence-electron chi connectivity index (χ3n) is 4.86. The standard InChI is InChI=1S/C20H23N3O4/c1-4-14-7-9-15(10-8-14)12-22(3)17(24)13-23-18(25)20(2,21-19(23)26)16-6-5-11-27-16/h5-11H,4,12-13H2,1-3H3,(H,21,26). The summed E-state index contributed by atoms with van der Waals surface area (Å²) >= 11 is 0. The molecular formula is C20H23N3O4. The minimum Gasteiger partial charge on any atom is -0.466 e. The molecule has 1 aromatic carbocycles. The third kappa shape index (κ3) is 3.58. The summed E-state index contributed by atoms with van der Waals surface area (Å²) in [5.41, 5.74) is 0.917. The highest BCUT2D eigenvalue weighted by atomic mass is 16.3. The maximum Gasteiger partial charge on any atom is 0.325 e. The van der Waals surface area contributed by atoms with Crippen LogP contribution in [0.15, 0.2) is 47.1 Å². The lowest BCUT2D eigenvalue weighted by molar-refractivity contribution is -0.138. The highest BCUT2D eigenvalue weighted by Gasteiger charge is 2.51. The molecule has 0 saturated carbocycles. The summed E-state index contributed by atoms with van der Waals surface area (Å²) in [5, 5.41) is 2.61. The number of benzene rings is 1. The zero-order valence-electron chi connectivity index (χ0n) is 15.7. The fourth-order valence-corrected chi connectivity index (χ4v) is 3.07. The summed E-state index contributed by atoms with van der Waals surface area (Å²) in [4.78, 5) is 40.0. The molecule has 1 aromatic heterocycles. The Hall–Kier alpha value is -3.09. The van der Waals surface area contributed by atoms with Gasteiger partial charge in [-0.3, -0.25) is 14.5 Å². The smallest absolute Gasteiger partial charge is 0.325 e. The molecule has 7 nitrogen and oxygen atoms in total. The fraction of sp³-hybridized carbons (Fsp3) is 0.350. The summed E-state index contributed by atoms with van der Waals surface area (Å²) in [5.74, 6) is -0.488. The highest BCUT2D eigenvalue weighted by molar-refractivity contribution is 6.08. The second kappa shape index (κ2) is 7.26. The SMILES string of the molecule is CCc1ccc(CN(C)C(=O)CN2C(=O)NC(C)(c3ccco3)C2=O)cc1. The molecule has 1 N–H and O–H groups in total. The van der Waals surface area contributed by atoms with E-state index in [-0.39, 0.29) is 12.5 Å². The van der Waals surface area contributed by atoms with Gasteiger partial charge in [0.25, 0.3) is 5.91 Å². The van der Waals surface area contributed by atoms with E-state index in [0.717, 1.165) is 16.9 Å². The largest absolute Gasteiger partial charge is 0.466 e. The highest BCUT2D eigenvalue weighted by Crippen LogP contribution is 2.29. The summed E-state index contributed by atoms with van der Waals surface area (Å²) in [6.07, 6.45) is 2.39. The number of aryl methyl sites for hydroxylation is 1. The molecule has 1 atom stereocenters. The number of hydrogen-bond acceptors (Lipinski definition) is 4. The van der Waals surface area contributed by atoms with E-state index in [1.807, 2.05) is 24.3 Å². The van der Waals surface area contributed by atoms with Gasteiger partial charge in [-0.05, 0) is 36.6 Å². The Morgan fingerprint density at radius 2 is 1.85 bits per heavy atom. The molecule has 1 unspecified atom stereocenters. The van der Waals surface area contributed by atoms with Gasteiger partial charge in [-0.2, -0.15) is 0 Å². The summed E-state index contributed by atoms with van der Waals surface area (Å²) in [6, 6.07) is 10.7. The number of likely N-dealkylation sites (N-methyl/N-ethyl adjacent to an activating group) is 1.